The highest BCUT2D eigenvalue weighted by molar-refractivity contribution is 5.94. The van der Waals surface area contributed by atoms with Crippen molar-refractivity contribution in [2.45, 2.75) is 19.1 Å². The van der Waals surface area contributed by atoms with Gasteiger partial charge in [0.1, 0.15) is 0 Å². The molecule has 0 bridgehead atoms. The lowest BCUT2D eigenvalue weighted by Gasteiger charge is -2.31. The molecule has 0 saturated carbocycles. The first-order chi connectivity index (χ1) is 9.88. The van der Waals surface area contributed by atoms with Gasteiger partial charge in [-0.3, -0.25) is 9.69 Å². The van der Waals surface area contributed by atoms with Gasteiger partial charge in [0.05, 0.1) is 11.6 Å². The summed E-state index contributed by atoms with van der Waals surface area (Å²) in [6, 6.07) is 4.30. The largest absolute Gasteiger partial charge is 0.416 e. The van der Waals surface area contributed by atoms with Crippen LogP contribution in [0, 0.1) is 0 Å². The van der Waals surface area contributed by atoms with E-state index in [2.05, 4.69) is 10.6 Å². The van der Waals surface area contributed by atoms with Crippen LogP contribution in [-0.2, 0) is 11.0 Å². The van der Waals surface area contributed by atoms with Crippen LogP contribution in [0.4, 0.5) is 18.9 Å². The Kier molecular flexibility index (Phi) is 8.90. The van der Waals surface area contributed by atoms with Crippen molar-refractivity contribution in [3.63, 3.8) is 0 Å². The summed E-state index contributed by atoms with van der Waals surface area (Å²) in [6.45, 7) is 4.87. The van der Waals surface area contributed by atoms with E-state index in [9.17, 15) is 18.0 Å². The van der Waals surface area contributed by atoms with Gasteiger partial charge in [0, 0.05) is 31.9 Å². The maximum absolute atomic E-state index is 12.6. The third-order valence-corrected chi connectivity index (χ3v) is 3.54. The van der Waals surface area contributed by atoms with Crippen molar-refractivity contribution in [2.24, 2.45) is 0 Å². The van der Waals surface area contributed by atoms with E-state index in [1.807, 2.05) is 4.90 Å². The van der Waals surface area contributed by atoms with E-state index in [1.54, 1.807) is 6.92 Å². The molecule has 1 aliphatic rings. The summed E-state index contributed by atoms with van der Waals surface area (Å²) in [5.41, 5.74) is -0.605. The lowest BCUT2D eigenvalue weighted by atomic mass is 10.1. The molecule has 2 N–H and O–H groups in total. The number of nitrogens with one attached hydrogen (secondary N) is 2. The van der Waals surface area contributed by atoms with E-state index in [-0.39, 0.29) is 42.5 Å². The highest BCUT2D eigenvalue weighted by Gasteiger charge is 2.30. The summed E-state index contributed by atoms with van der Waals surface area (Å²) in [5, 5.41) is 5.73. The third-order valence-electron chi connectivity index (χ3n) is 3.54. The molecule has 1 aromatic carbocycles. The Balaban J connectivity index is 0.00000242. The molecule has 23 heavy (non-hydrogen) atoms. The van der Waals surface area contributed by atoms with Crippen LogP contribution in [0.25, 0.3) is 0 Å². The molecule has 4 nitrogen and oxygen atoms in total. The molecule has 1 atom stereocenters. The molecule has 1 fully saturated rings. The van der Waals surface area contributed by atoms with Crippen LogP contribution in [0.15, 0.2) is 24.3 Å². The molecule has 1 aromatic rings. The van der Waals surface area contributed by atoms with Gasteiger partial charge >= 0.3 is 6.18 Å². The normalized spacial score (nSPS) is 16.7. The maximum atomic E-state index is 12.6. The Bertz CT molecular complexity index is 508. The summed E-state index contributed by atoms with van der Waals surface area (Å²) >= 11 is 0. The lowest BCUT2D eigenvalue weighted by molar-refractivity contribution is -0.137. The second-order valence-electron chi connectivity index (χ2n) is 5.03. The number of hydrogen-bond donors (Lipinski definition) is 2. The van der Waals surface area contributed by atoms with E-state index in [0.29, 0.717) is 0 Å². The zero-order valence-electron chi connectivity index (χ0n) is 12.5. The molecular weight excluding hydrogens is 354 g/mol. The van der Waals surface area contributed by atoms with E-state index in [1.165, 1.54) is 12.1 Å². The molecule has 0 aromatic heterocycles. The van der Waals surface area contributed by atoms with Gasteiger partial charge in [-0.15, -0.1) is 24.8 Å². The first-order valence-corrected chi connectivity index (χ1v) is 6.81. The van der Waals surface area contributed by atoms with Crippen LogP contribution in [0.1, 0.15) is 12.5 Å². The minimum Gasteiger partial charge on any atom is -0.325 e. The number of anilines is 1. The van der Waals surface area contributed by atoms with Gasteiger partial charge in [-0.1, -0.05) is 6.07 Å². The number of carbonyl (C=O) groups excluding carboxylic acids is 1. The van der Waals surface area contributed by atoms with Gasteiger partial charge in [-0.25, -0.2) is 0 Å². The molecular formula is C14H20Cl2F3N3O. The van der Waals surface area contributed by atoms with Crippen molar-refractivity contribution in [3.05, 3.63) is 29.8 Å². The van der Waals surface area contributed by atoms with Crippen LogP contribution in [-0.4, -0.2) is 43.0 Å². The highest BCUT2D eigenvalue weighted by Crippen LogP contribution is 2.30. The van der Waals surface area contributed by atoms with E-state index in [4.69, 9.17) is 0 Å². The van der Waals surface area contributed by atoms with Crippen LogP contribution >= 0.6 is 24.8 Å². The van der Waals surface area contributed by atoms with E-state index in [0.717, 1.165) is 38.3 Å². The van der Waals surface area contributed by atoms with Gasteiger partial charge in [-0.2, -0.15) is 13.2 Å². The van der Waals surface area contributed by atoms with E-state index >= 15 is 0 Å². The molecule has 2 rings (SSSR count). The van der Waals surface area contributed by atoms with Crippen LogP contribution in [0.2, 0.25) is 0 Å². The molecule has 1 saturated heterocycles. The van der Waals surface area contributed by atoms with Gasteiger partial charge in [0.25, 0.3) is 0 Å². The van der Waals surface area contributed by atoms with Crippen LogP contribution in [0.3, 0.4) is 0 Å². The summed E-state index contributed by atoms with van der Waals surface area (Å²) in [5.74, 6) is -0.295. The number of piperazine rings is 1. The molecule has 1 heterocycles. The second-order valence-corrected chi connectivity index (χ2v) is 5.03. The van der Waals surface area contributed by atoms with Crippen molar-refractivity contribution in [3.8, 4) is 0 Å². The molecule has 132 valence electrons. The number of carbonyl (C=O) groups is 1. The number of nitrogens with zero attached hydrogens (tertiary/aromatic N) is 1. The maximum Gasteiger partial charge on any atom is 0.416 e. The standard InChI is InChI=1S/C14H18F3N3O.2ClH/c1-10(20-7-5-18-6-8-20)13(21)19-12-4-2-3-11(9-12)14(15,16)17;;/h2-4,9-10,18H,5-8H2,1H3,(H,19,21);2*1H. The fourth-order valence-electron chi connectivity index (χ4n) is 2.26. The highest BCUT2D eigenvalue weighted by atomic mass is 35.5. The van der Waals surface area contributed by atoms with Crippen LogP contribution < -0.4 is 10.6 Å². The zero-order chi connectivity index (χ0) is 15.5. The number of amides is 1. The van der Waals surface area contributed by atoms with Crippen molar-refractivity contribution in [1.82, 2.24) is 10.2 Å². The molecule has 9 heteroatoms. The molecule has 1 unspecified atom stereocenters. The predicted octanol–water partition coefficient (Wildman–Crippen LogP) is 2.78. The van der Waals surface area contributed by atoms with Crippen LogP contribution in [0.5, 0.6) is 0 Å². The summed E-state index contributed by atoms with van der Waals surface area (Å²) in [7, 11) is 0. The third kappa shape index (κ3) is 6.18. The Morgan fingerprint density at radius 2 is 1.87 bits per heavy atom. The number of alkyl halides is 3. The summed E-state index contributed by atoms with van der Waals surface area (Å²) < 4.78 is 37.9. The second kappa shape index (κ2) is 9.32. The van der Waals surface area contributed by atoms with Gasteiger partial charge in [0.2, 0.25) is 5.91 Å². The van der Waals surface area contributed by atoms with Crippen molar-refractivity contribution < 1.29 is 18.0 Å². The van der Waals surface area contributed by atoms with Crippen molar-refractivity contribution >= 4 is 36.4 Å². The molecule has 0 aliphatic carbocycles. The Morgan fingerprint density at radius 1 is 1.26 bits per heavy atom. The number of benzene rings is 1. The lowest BCUT2D eigenvalue weighted by Crippen LogP contribution is -2.51. The Hall–Kier alpha value is -1.02. The zero-order valence-corrected chi connectivity index (χ0v) is 14.2. The fourth-order valence-corrected chi connectivity index (χ4v) is 2.26. The quantitative estimate of drug-likeness (QED) is 0.855. The average molecular weight is 374 g/mol. The monoisotopic (exact) mass is 373 g/mol. The number of halogens is 5. The summed E-state index contributed by atoms with van der Waals surface area (Å²) in [6.07, 6.45) is -4.41. The molecule has 1 amide bonds. The average Bonchev–Trinajstić information content (AvgIpc) is 2.47. The van der Waals surface area contributed by atoms with Gasteiger partial charge < -0.3 is 10.6 Å². The minimum absolute atomic E-state index is 0. The molecule has 0 radical (unpaired) electrons. The minimum atomic E-state index is -4.41. The Labute approximate surface area is 145 Å². The smallest absolute Gasteiger partial charge is 0.325 e. The predicted molar refractivity (Wildman–Crippen MR) is 88.5 cm³/mol. The first kappa shape index (κ1) is 22.0. The fraction of sp³-hybridized carbons (Fsp3) is 0.500. The van der Waals surface area contributed by atoms with Gasteiger partial charge in [-0.05, 0) is 25.1 Å². The SMILES string of the molecule is CC(C(=O)Nc1cccc(C(F)(F)F)c1)N1CCNCC1.Cl.Cl. The molecule has 0 spiro atoms. The van der Waals surface area contributed by atoms with Crippen molar-refractivity contribution in [2.75, 3.05) is 31.5 Å². The number of hydrogen-bond acceptors (Lipinski definition) is 3. The topological polar surface area (TPSA) is 44.4 Å². The number of rotatable bonds is 3. The summed E-state index contributed by atoms with van der Waals surface area (Å²) in [4.78, 5) is 14.1. The Morgan fingerprint density at radius 3 is 2.43 bits per heavy atom. The van der Waals surface area contributed by atoms with Crippen molar-refractivity contribution in [1.29, 1.82) is 0 Å². The van der Waals surface area contributed by atoms with Gasteiger partial charge in [0.15, 0.2) is 0 Å². The first-order valence-electron chi connectivity index (χ1n) is 6.81. The van der Waals surface area contributed by atoms with E-state index < -0.39 is 11.7 Å². The molecule has 1 aliphatic heterocycles.